The van der Waals surface area contributed by atoms with Gasteiger partial charge in [-0.2, -0.15) is 0 Å². The Morgan fingerprint density at radius 2 is 1.85 bits per heavy atom. The highest BCUT2D eigenvalue weighted by atomic mass is 32.2. The third-order valence-electron chi connectivity index (χ3n) is 4.26. The third-order valence-corrected chi connectivity index (χ3v) is 5.47. The van der Waals surface area contributed by atoms with Crippen molar-refractivity contribution in [2.24, 2.45) is 0 Å². The van der Waals surface area contributed by atoms with Crippen LogP contribution in [0.5, 0.6) is 11.5 Å². The van der Waals surface area contributed by atoms with Crippen LogP contribution in [0.4, 0.5) is 11.4 Å². The first-order chi connectivity index (χ1) is 12.4. The van der Waals surface area contributed by atoms with Crippen LogP contribution in [0.1, 0.15) is 23.2 Å². The minimum atomic E-state index is -3.44. The van der Waals surface area contributed by atoms with Crippen LogP contribution in [0.2, 0.25) is 0 Å². The molecule has 136 valence electrons. The van der Waals surface area contributed by atoms with Gasteiger partial charge in [0.15, 0.2) is 11.5 Å². The lowest BCUT2D eigenvalue weighted by Gasteiger charge is -2.24. The molecule has 1 heterocycles. The summed E-state index contributed by atoms with van der Waals surface area (Å²) in [5.74, 6) is 0.764. The Morgan fingerprint density at radius 1 is 1.12 bits per heavy atom. The van der Waals surface area contributed by atoms with E-state index in [2.05, 4.69) is 5.32 Å². The number of nitrogens with zero attached hydrogens (tertiary/aromatic N) is 1. The van der Waals surface area contributed by atoms with Gasteiger partial charge in [0, 0.05) is 11.6 Å². The largest absolute Gasteiger partial charge is 0.454 e. The van der Waals surface area contributed by atoms with Crippen LogP contribution in [0.15, 0.2) is 42.5 Å². The standard InChI is InChI=1S/C18H18N2O5S/c1-26(22,23)20(13-7-8-13)15-5-3-2-4-14(15)19-18(21)12-6-9-16-17(10-12)25-11-24-16/h2-6,9-10,13H,7-8,11H2,1H3,(H,19,21). The Bertz CT molecular complexity index is 969. The van der Waals surface area contributed by atoms with Crippen LogP contribution >= 0.6 is 0 Å². The number of fused-ring (bicyclic) bond motifs is 1. The summed E-state index contributed by atoms with van der Waals surface area (Å²) in [5, 5.41) is 2.81. The van der Waals surface area contributed by atoms with Gasteiger partial charge >= 0.3 is 0 Å². The predicted molar refractivity (Wildman–Crippen MR) is 97.3 cm³/mol. The Morgan fingerprint density at radius 3 is 2.58 bits per heavy atom. The Hall–Kier alpha value is -2.74. The molecule has 4 rings (SSSR count). The number of benzene rings is 2. The maximum absolute atomic E-state index is 12.6. The number of amides is 1. The zero-order chi connectivity index (χ0) is 18.3. The molecule has 2 aromatic rings. The minimum Gasteiger partial charge on any atom is -0.454 e. The number of carbonyl (C=O) groups excluding carboxylic acids is 1. The molecular formula is C18H18N2O5S. The van der Waals surface area contributed by atoms with Gasteiger partial charge in [-0.25, -0.2) is 8.42 Å². The Balaban J connectivity index is 1.64. The van der Waals surface area contributed by atoms with Gasteiger partial charge in [0.25, 0.3) is 5.91 Å². The van der Waals surface area contributed by atoms with Gasteiger partial charge in [0.1, 0.15) is 0 Å². The maximum atomic E-state index is 12.6. The number of hydrogen-bond donors (Lipinski definition) is 1. The summed E-state index contributed by atoms with van der Waals surface area (Å²) in [4.78, 5) is 12.6. The minimum absolute atomic E-state index is 0.0476. The van der Waals surface area contributed by atoms with Gasteiger partial charge in [-0.15, -0.1) is 0 Å². The van der Waals surface area contributed by atoms with Gasteiger partial charge in [-0.3, -0.25) is 9.10 Å². The fourth-order valence-corrected chi connectivity index (χ4v) is 4.23. The second-order valence-corrected chi connectivity index (χ2v) is 8.19. The van der Waals surface area contributed by atoms with Gasteiger partial charge < -0.3 is 14.8 Å². The summed E-state index contributed by atoms with van der Waals surface area (Å²) < 4.78 is 36.4. The molecule has 26 heavy (non-hydrogen) atoms. The number of hydrogen-bond acceptors (Lipinski definition) is 5. The lowest BCUT2D eigenvalue weighted by atomic mass is 10.1. The molecule has 0 spiro atoms. The Kier molecular flexibility index (Phi) is 3.99. The van der Waals surface area contributed by atoms with Crippen molar-refractivity contribution in [1.82, 2.24) is 0 Å². The topological polar surface area (TPSA) is 84.9 Å². The highest BCUT2D eigenvalue weighted by Crippen LogP contribution is 2.38. The lowest BCUT2D eigenvalue weighted by Crippen LogP contribution is -2.32. The highest BCUT2D eigenvalue weighted by molar-refractivity contribution is 7.92. The molecule has 0 radical (unpaired) electrons. The first-order valence-electron chi connectivity index (χ1n) is 8.23. The molecule has 1 aliphatic carbocycles. The molecule has 1 fully saturated rings. The molecule has 7 nitrogen and oxygen atoms in total. The molecule has 1 amide bonds. The van der Waals surface area contributed by atoms with Crippen LogP contribution in [-0.4, -0.2) is 33.4 Å². The van der Waals surface area contributed by atoms with Crippen molar-refractivity contribution < 1.29 is 22.7 Å². The molecular weight excluding hydrogens is 356 g/mol. The normalized spacial score (nSPS) is 15.6. The first-order valence-corrected chi connectivity index (χ1v) is 10.1. The second-order valence-electron chi connectivity index (χ2n) is 6.33. The highest BCUT2D eigenvalue weighted by Gasteiger charge is 2.36. The van der Waals surface area contributed by atoms with E-state index in [1.54, 1.807) is 42.5 Å². The van der Waals surface area contributed by atoms with Gasteiger partial charge in [0.05, 0.1) is 17.6 Å². The van der Waals surface area contributed by atoms with E-state index >= 15 is 0 Å². The predicted octanol–water partition coefficient (Wildman–Crippen LogP) is 2.60. The molecule has 0 aromatic heterocycles. The number of nitrogens with one attached hydrogen (secondary N) is 1. The number of para-hydroxylation sites is 2. The number of sulfonamides is 1. The van der Waals surface area contributed by atoms with E-state index < -0.39 is 10.0 Å². The monoisotopic (exact) mass is 374 g/mol. The molecule has 1 saturated carbocycles. The molecule has 0 atom stereocenters. The average molecular weight is 374 g/mol. The molecule has 1 N–H and O–H groups in total. The fourth-order valence-electron chi connectivity index (χ4n) is 2.96. The van der Waals surface area contributed by atoms with Crippen molar-refractivity contribution in [2.45, 2.75) is 18.9 Å². The first kappa shape index (κ1) is 16.7. The summed E-state index contributed by atoms with van der Waals surface area (Å²) in [6.45, 7) is 0.133. The van der Waals surface area contributed by atoms with Crippen molar-refractivity contribution in [3.8, 4) is 11.5 Å². The van der Waals surface area contributed by atoms with Crippen LogP contribution < -0.4 is 19.1 Å². The lowest BCUT2D eigenvalue weighted by molar-refractivity contribution is 0.102. The van der Waals surface area contributed by atoms with E-state index in [0.717, 1.165) is 12.8 Å². The van der Waals surface area contributed by atoms with Gasteiger partial charge in [0.2, 0.25) is 16.8 Å². The van der Waals surface area contributed by atoms with E-state index in [4.69, 9.17) is 9.47 Å². The summed E-state index contributed by atoms with van der Waals surface area (Å²) in [5.41, 5.74) is 1.33. The molecule has 0 bridgehead atoms. The van der Waals surface area contributed by atoms with Crippen molar-refractivity contribution in [1.29, 1.82) is 0 Å². The van der Waals surface area contributed by atoms with E-state index in [1.807, 2.05) is 0 Å². The zero-order valence-corrected chi connectivity index (χ0v) is 15.0. The van der Waals surface area contributed by atoms with E-state index in [0.29, 0.717) is 28.4 Å². The zero-order valence-electron chi connectivity index (χ0n) is 14.1. The average Bonchev–Trinajstić information content (AvgIpc) is 3.30. The van der Waals surface area contributed by atoms with E-state index in [-0.39, 0.29) is 18.7 Å². The van der Waals surface area contributed by atoms with Crippen molar-refractivity contribution in [3.63, 3.8) is 0 Å². The maximum Gasteiger partial charge on any atom is 0.255 e. The van der Waals surface area contributed by atoms with E-state index in [1.165, 1.54) is 10.6 Å². The fraction of sp³-hybridized carbons (Fsp3) is 0.278. The molecule has 0 saturated heterocycles. The molecule has 1 aliphatic heterocycles. The molecule has 2 aliphatic rings. The number of rotatable bonds is 5. The summed E-state index contributed by atoms with van der Waals surface area (Å²) >= 11 is 0. The smallest absolute Gasteiger partial charge is 0.255 e. The van der Waals surface area contributed by atoms with Crippen LogP contribution in [0.25, 0.3) is 0 Å². The number of ether oxygens (including phenoxy) is 2. The Labute approximate surface area is 151 Å². The van der Waals surface area contributed by atoms with Crippen molar-refractivity contribution in [3.05, 3.63) is 48.0 Å². The van der Waals surface area contributed by atoms with Crippen molar-refractivity contribution >= 4 is 27.3 Å². The SMILES string of the molecule is CS(=O)(=O)N(c1ccccc1NC(=O)c1ccc2c(c1)OCO2)C1CC1. The molecule has 8 heteroatoms. The van der Waals surface area contributed by atoms with Crippen LogP contribution in [-0.2, 0) is 10.0 Å². The summed E-state index contributed by atoms with van der Waals surface area (Å²) in [6, 6.07) is 11.8. The summed E-state index contributed by atoms with van der Waals surface area (Å²) in [7, 11) is -3.44. The van der Waals surface area contributed by atoms with Gasteiger partial charge in [-0.05, 0) is 43.2 Å². The van der Waals surface area contributed by atoms with Gasteiger partial charge in [-0.1, -0.05) is 12.1 Å². The van der Waals surface area contributed by atoms with Crippen LogP contribution in [0, 0.1) is 0 Å². The second kappa shape index (κ2) is 6.21. The number of anilines is 2. The molecule has 2 aromatic carbocycles. The number of carbonyl (C=O) groups is 1. The quantitative estimate of drug-likeness (QED) is 0.870. The van der Waals surface area contributed by atoms with Crippen molar-refractivity contribution in [2.75, 3.05) is 22.7 Å². The molecule has 0 unspecified atom stereocenters. The summed E-state index contributed by atoms with van der Waals surface area (Å²) in [6.07, 6.45) is 2.82. The van der Waals surface area contributed by atoms with E-state index in [9.17, 15) is 13.2 Å². The van der Waals surface area contributed by atoms with Crippen LogP contribution in [0.3, 0.4) is 0 Å². The third kappa shape index (κ3) is 3.20.